The first-order valence-electron chi connectivity index (χ1n) is 11.6. The molecule has 0 bridgehead atoms. The molecule has 0 unspecified atom stereocenters. The Balaban J connectivity index is 1.67. The summed E-state index contributed by atoms with van der Waals surface area (Å²) in [4.78, 5) is 12.9. The molecule has 2 aromatic carbocycles. The number of fused-ring (bicyclic) bond motifs is 1. The number of aryl methyl sites for hydroxylation is 3. The first kappa shape index (κ1) is 23.1. The van der Waals surface area contributed by atoms with Gasteiger partial charge in [0, 0.05) is 12.2 Å². The zero-order valence-electron chi connectivity index (χ0n) is 19.1. The van der Waals surface area contributed by atoms with Crippen molar-refractivity contribution in [2.45, 2.75) is 77.8 Å². The summed E-state index contributed by atoms with van der Waals surface area (Å²) in [6, 6.07) is 9.38. The van der Waals surface area contributed by atoms with Crippen molar-refractivity contribution < 1.29 is 9.90 Å². The van der Waals surface area contributed by atoms with Crippen molar-refractivity contribution in [3.63, 3.8) is 0 Å². The number of hydrogen-bond acceptors (Lipinski definition) is 4. The summed E-state index contributed by atoms with van der Waals surface area (Å²) in [5.41, 5.74) is 12.8. The molecule has 2 atom stereocenters. The number of phenolic OH excluding ortho intramolecular Hbond substituents is 1. The molecular weight excluding hydrogens is 386 g/mol. The Labute approximate surface area is 186 Å². The molecule has 0 saturated carbocycles. The third-order valence-electron chi connectivity index (χ3n) is 6.32. The van der Waals surface area contributed by atoms with E-state index in [4.69, 9.17) is 5.73 Å². The van der Waals surface area contributed by atoms with E-state index in [0.717, 1.165) is 47.3 Å². The number of amides is 1. The van der Waals surface area contributed by atoms with E-state index in [1.165, 1.54) is 31.2 Å². The Morgan fingerprint density at radius 3 is 2.65 bits per heavy atom. The second kappa shape index (κ2) is 10.7. The summed E-state index contributed by atoms with van der Waals surface area (Å²) < 4.78 is 0. The highest BCUT2D eigenvalue weighted by molar-refractivity contribution is 5.82. The smallest absolute Gasteiger partial charge is 0.237 e. The predicted octanol–water partition coefficient (Wildman–Crippen LogP) is 4.67. The number of unbranched alkanes of at least 4 members (excludes halogenated alkanes) is 3. The third kappa shape index (κ3) is 6.01. The molecule has 0 aliphatic carbocycles. The van der Waals surface area contributed by atoms with Crippen LogP contribution in [0.1, 0.15) is 72.9 Å². The average Bonchev–Trinajstić information content (AvgIpc) is 2.74. The molecule has 5 heteroatoms. The molecule has 1 aliphatic rings. The summed E-state index contributed by atoms with van der Waals surface area (Å²) in [6.45, 7) is 6.95. The van der Waals surface area contributed by atoms with Crippen molar-refractivity contribution >= 4 is 11.6 Å². The van der Waals surface area contributed by atoms with Gasteiger partial charge >= 0.3 is 0 Å². The van der Waals surface area contributed by atoms with Gasteiger partial charge in [-0.15, -0.1) is 0 Å². The number of aromatic hydroxyl groups is 1. The number of rotatable bonds is 9. The monoisotopic (exact) mass is 423 g/mol. The van der Waals surface area contributed by atoms with Crippen LogP contribution in [0.5, 0.6) is 5.75 Å². The van der Waals surface area contributed by atoms with Gasteiger partial charge in [0.25, 0.3) is 0 Å². The van der Waals surface area contributed by atoms with Crippen LogP contribution in [0.25, 0.3) is 0 Å². The molecule has 5 N–H and O–H groups in total. The van der Waals surface area contributed by atoms with Gasteiger partial charge in [0.05, 0.1) is 12.1 Å². The van der Waals surface area contributed by atoms with Gasteiger partial charge in [-0.25, -0.2) is 0 Å². The van der Waals surface area contributed by atoms with Crippen molar-refractivity contribution in [1.82, 2.24) is 5.32 Å². The highest BCUT2D eigenvalue weighted by Gasteiger charge is 2.25. The number of carbonyl (C=O) groups excluding carboxylic acids is 1. The minimum Gasteiger partial charge on any atom is -0.508 e. The lowest BCUT2D eigenvalue weighted by molar-refractivity contribution is -0.123. The summed E-state index contributed by atoms with van der Waals surface area (Å²) >= 11 is 0. The average molecular weight is 424 g/mol. The minimum atomic E-state index is -0.627. The number of benzene rings is 2. The van der Waals surface area contributed by atoms with Crippen molar-refractivity contribution in [2.75, 3.05) is 11.9 Å². The summed E-state index contributed by atoms with van der Waals surface area (Å²) in [7, 11) is 0. The van der Waals surface area contributed by atoms with Gasteiger partial charge in [-0.3, -0.25) is 4.79 Å². The second-order valence-corrected chi connectivity index (χ2v) is 8.88. The van der Waals surface area contributed by atoms with Gasteiger partial charge in [-0.2, -0.15) is 0 Å². The van der Waals surface area contributed by atoms with Gasteiger partial charge in [-0.1, -0.05) is 38.3 Å². The number of hydrogen-bond donors (Lipinski definition) is 4. The van der Waals surface area contributed by atoms with E-state index in [-0.39, 0.29) is 17.7 Å². The fourth-order valence-electron chi connectivity index (χ4n) is 4.51. The molecule has 3 rings (SSSR count). The van der Waals surface area contributed by atoms with E-state index in [1.807, 2.05) is 13.8 Å². The van der Waals surface area contributed by atoms with Crippen molar-refractivity contribution in [2.24, 2.45) is 5.73 Å². The predicted molar refractivity (Wildman–Crippen MR) is 128 cm³/mol. The lowest BCUT2D eigenvalue weighted by atomic mass is 9.93. The van der Waals surface area contributed by atoms with Crippen molar-refractivity contribution in [3.8, 4) is 5.75 Å². The number of phenols is 1. The highest BCUT2D eigenvalue weighted by atomic mass is 16.3. The molecule has 0 aromatic heterocycles. The van der Waals surface area contributed by atoms with Gasteiger partial charge in [0.1, 0.15) is 5.75 Å². The van der Waals surface area contributed by atoms with Crippen LogP contribution >= 0.6 is 0 Å². The molecule has 168 valence electrons. The Hall–Kier alpha value is -2.53. The van der Waals surface area contributed by atoms with Crippen molar-refractivity contribution in [3.05, 3.63) is 58.1 Å². The summed E-state index contributed by atoms with van der Waals surface area (Å²) in [6.07, 6.45) is 7.37. The largest absolute Gasteiger partial charge is 0.508 e. The van der Waals surface area contributed by atoms with Gasteiger partial charge in [0.2, 0.25) is 5.91 Å². The zero-order valence-corrected chi connectivity index (χ0v) is 19.1. The maximum absolute atomic E-state index is 12.9. The fraction of sp³-hybridized carbons (Fsp3) is 0.500. The lowest BCUT2D eigenvalue weighted by Gasteiger charge is -2.29. The van der Waals surface area contributed by atoms with Gasteiger partial charge in [0.15, 0.2) is 0 Å². The lowest BCUT2D eigenvalue weighted by Crippen LogP contribution is -2.44. The van der Waals surface area contributed by atoms with E-state index >= 15 is 0 Å². The number of carbonyl (C=O) groups is 1. The standard InChI is InChI=1S/C26H37N3O2/c1-4-5-6-7-8-19-9-10-24-22(15-19)25(11-12-28-24)29-26(31)23(27)16-21-17(2)13-20(30)14-18(21)3/h9-10,13-15,23,25,28,30H,4-8,11-12,16,27H2,1-3H3,(H,29,31)/t23-,25+/m0/s1. The van der Waals surface area contributed by atoms with Crippen LogP contribution in [0.15, 0.2) is 30.3 Å². The third-order valence-corrected chi connectivity index (χ3v) is 6.32. The van der Waals surface area contributed by atoms with Crippen LogP contribution in [0, 0.1) is 13.8 Å². The van der Waals surface area contributed by atoms with E-state index in [1.54, 1.807) is 12.1 Å². The topological polar surface area (TPSA) is 87.4 Å². The van der Waals surface area contributed by atoms with E-state index < -0.39 is 6.04 Å². The Morgan fingerprint density at radius 1 is 1.19 bits per heavy atom. The molecule has 0 fully saturated rings. The zero-order chi connectivity index (χ0) is 22.4. The molecule has 1 amide bonds. The molecule has 5 nitrogen and oxygen atoms in total. The number of anilines is 1. The maximum Gasteiger partial charge on any atom is 0.237 e. The molecule has 31 heavy (non-hydrogen) atoms. The van der Waals surface area contributed by atoms with Crippen LogP contribution in [0.3, 0.4) is 0 Å². The Morgan fingerprint density at radius 2 is 1.94 bits per heavy atom. The minimum absolute atomic E-state index is 0.0209. The normalized spacial score (nSPS) is 16.3. The molecule has 1 aliphatic heterocycles. The van der Waals surface area contributed by atoms with Crippen LogP contribution < -0.4 is 16.4 Å². The molecule has 2 aromatic rings. The molecule has 0 saturated heterocycles. The Bertz CT molecular complexity index is 887. The first-order chi connectivity index (χ1) is 14.9. The van der Waals surface area contributed by atoms with Crippen LogP contribution in [-0.4, -0.2) is 23.6 Å². The Kier molecular flexibility index (Phi) is 7.97. The first-order valence-corrected chi connectivity index (χ1v) is 11.6. The quantitative estimate of drug-likeness (QED) is 0.441. The summed E-state index contributed by atoms with van der Waals surface area (Å²) in [5, 5.41) is 16.4. The molecule has 0 spiro atoms. The number of nitrogens with two attached hydrogens (primary N) is 1. The van der Waals surface area contributed by atoms with Crippen LogP contribution in [0.2, 0.25) is 0 Å². The van der Waals surface area contributed by atoms with Crippen LogP contribution in [0.4, 0.5) is 5.69 Å². The second-order valence-electron chi connectivity index (χ2n) is 8.88. The molecule has 0 radical (unpaired) electrons. The fourth-order valence-corrected chi connectivity index (χ4v) is 4.51. The van der Waals surface area contributed by atoms with E-state index in [0.29, 0.717) is 6.42 Å². The van der Waals surface area contributed by atoms with Gasteiger partial charge < -0.3 is 21.5 Å². The van der Waals surface area contributed by atoms with Gasteiger partial charge in [-0.05, 0) is 85.5 Å². The van der Waals surface area contributed by atoms with Crippen molar-refractivity contribution in [1.29, 1.82) is 0 Å². The summed E-state index contributed by atoms with van der Waals surface area (Å²) in [5.74, 6) is 0.117. The van der Waals surface area contributed by atoms with Crippen LogP contribution in [-0.2, 0) is 17.6 Å². The highest BCUT2D eigenvalue weighted by Crippen LogP contribution is 2.31. The maximum atomic E-state index is 12.9. The van der Waals surface area contributed by atoms with E-state index in [2.05, 4.69) is 35.8 Å². The van der Waals surface area contributed by atoms with E-state index in [9.17, 15) is 9.90 Å². The molecular formula is C26H37N3O2. The SMILES string of the molecule is CCCCCCc1ccc2c(c1)[C@H](NC(=O)[C@@H](N)Cc1c(C)cc(O)cc1C)CCN2. The number of nitrogens with one attached hydrogen (secondary N) is 2. The molecule has 1 heterocycles.